The highest BCUT2D eigenvalue weighted by atomic mass is 16.5. The molecule has 1 aliphatic carbocycles. The Bertz CT molecular complexity index is 278. The molecule has 1 heterocycles. The van der Waals surface area contributed by atoms with E-state index in [1.807, 2.05) is 0 Å². The van der Waals surface area contributed by atoms with E-state index in [9.17, 15) is 0 Å². The lowest BCUT2D eigenvalue weighted by Gasteiger charge is -2.38. The molecule has 0 aromatic rings. The van der Waals surface area contributed by atoms with E-state index >= 15 is 0 Å². The van der Waals surface area contributed by atoms with Crippen LogP contribution in [0.4, 0.5) is 0 Å². The highest BCUT2D eigenvalue weighted by Crippen LogP contribution is 2.35. The number of hydrogen-bond acceptors (Lipinski definition) is 2. The van der Waals surface area contributed by atoms with Gasteiger partial charge in [0.1, 0.15) is 0 Å². The zero-order valence-electron chi connectivity index (χ0n) is 9.83. The van der Waals surface area contributed by atoms with Crippen molar-refractivity contribution in [2.24, 2.45) is 5.92 Å². The first-order valence-corrected chi connectivity index (χ1v) is 6.04. The van der Waals surface area contributed by atoms with Crippen molar-refractivity contribution in [3.63, 3.8) is 0 Å². The first-order chi connectivity index (χ1) is 7.35. The van der Waals surface area contributed by atoms with Gasteiger partial charge >= 0.3 is 0 Å². The van der Waals surface area contributed by atoms with Crippen LogP contribution in [-0.4, -0.2) is 25.1 Å². The molecule has 1 fully saturated rings. The molecule has 2 rings (SSSR count). The molecule has 15 heavy (non-hydrogen) atoms. The first kappa shape index (κ1) is 10.6. The summed E-state index contributed by atoms with van der Waals surface area (Å²) in [6.45, 7) is 4.70. The normalized spacial score (nSPS) is 25.5. The molecule has 0 amide bonds. The van der Waals surface area contributed by atoms with Gasteiger partial charge in [0.05, 0.1) is 12.9 Å². The minimum Gasteiger partial charge on any atom is -0.501 e. The molecule has 0 aromatic carbocycles. The summed E-state index contributed by atoms with van der Waals surface area (Å²) >= 11 is 0. The lowest BCUT2D eigenvalue weighted by atomic mass is 9.87. The lowest BCUT2D eigenvalue weighted by molar-refractivity contribution is 0.204. The largest absolute Gasteiger partial charge is 0.501 e. The molecule has 0 spiro atoms. The van der Waals surface area contributed by atoms with E-state index in [0.29, 0.717) is 5.92 Å². The molecule has 0 bridgehead atoms. The van der Waals surface area contributed by atoms with Crippen LogP contribution in [0.3, 0.4) is 0 Å². The molecular formula is C13H21NO. The Morgan fingerprint density at radius 3 is 3.07 bits per heavy atom. The number of likely N-dealkylation sites (tertiary alicyclic amines) is 1. The standard InChI is InChI=1S/C13H21NO/c1-3-8-14-9-4-5-11-10-12(15-2)6-7-13(11)14/h6-7,11H,3-5,8-10H2,1-2H3/t11-/m1/s1. The van der Waals surface area contributed by atoms with E-state index in [1.54, 1.807) is 12.8 Å². The third-order valence-electron chi connectivity index (χ3n) is 3.41. The van der Waals surface area contributed by atoms with Crippen molar-refractivity contribution in [1.29, 1.82) is 0 Å². The Labute approximate surface area is 92.6 Å². The number of nitrogens with zero attached hydrogens (tertiary/aromatic N) is 1. The van der Waals surface area contributed by atoms with Gasteiger partial charge in [-0.2, -0.15) is 0 Å². The first-order valence-electron chi connectivity index (χ1n) is 6.04. The second kappa shape index (κ2) is 4.73. The lowest BCUT2D eigenvalue weighted by Crippen LogP contribution is -2.35. The number of methoxy groups -OCH3 is 1. The van der Waals surface area contributed by atoms with Gasteiger partial charge in [0.2, 0.25) is 0 Å². The van der Waals surface area contributed by atoms with Gasteiger partial charge in [-0.25, -0.2) is 0 Å². The minimum atomic E-state index is 0.713. The summed E-state index contributed by atoms with van der Waals surface area (Å²) in [5.74, 6) is 1.85. The van der Waals surface area contributed by atoms with Crippen LogP contribution in [0.5, 0.6) is 0 Å². The van der Waals surface area contributed by atoms with E-state index in [0.717, 1.165) is 12.2 Å². The van der Waals surface area contributed by atoms with E-state index in [4.69, 9.17) is 4.74 Å². The van der Waals surface area contributed by atoms with Crippen LogP contribution in [0.25, 0.3) is 0 Å². The molecular weight excluding hydrogens is 186 g/mol. The molecule has 2 heteroatoms. The topological polar surface area (TPSA) is 12.5 Å². The second-order valence-electron chi connectivity index (χ2n) is 4.46. The van der Waals surface area contributed by atoms with Gasteiger partial charge in [-0.3, -0.25) is 0 Å². The molecule has 0 radical (unpaired) electrons. The molecule has 2 nitrogen and oxygen atoms in total. The zero-order valence-corrected chi connectivity index (χ0v) is 9.83. The molecule has 0 aromatic heterocycles. The van der Waals surface area contributed by atoms with Crippen molar-refractivity contribution in [2.45, 2.75) is 32.6 Å². The highest BCUT2D eigenvalue weighted by molar-refractivity contribution is 5.24. The summed E-state index contributed by atoms with van der Waals surface area (Å²) < 4.78 is 5.33. The third kappa shape index (κ3) is 2.19. The average Bonchev–Trinajstić information content (AvgIpc) is 2.29. The van der Waals surface area contributed by atoms with Crippen molar-refractivity contribution in [1.82, 2.24) is 4.90 Å². The summed E-state index contributed by atoms with van der Waals surface area (Å²) in [6, 6.07) is 0. The monoisotopic (exact) mass is 207 g/mol. The Hall–Kier alpha value is -0.920. The van der Waals surface area contributed by atoms with Crippen LogP contribution in [0.2, 0.25) is 0 Å². The fraction of sp³-hybridized carbons (Fsp3) is 0.692. The summed E-state index contributed by atoms with van der Waals surface area (Å²) in [6.07, 6.45) is 9.40. The number of fused-ring (bicyclic) bond motifs is 1. The van der Waals surface area contributed by atoms with E-state index in [1.165, 1.54) is 32.4 Å². The predicted molar refractivity (Wildman–Crippen MR) is 62.4 cm³/mol. The number of piperidine rings is 1. The Morgan fingerprint density at radius 2 is 2.33 bits per heavy atom. The van der Waals surface area contributed by atoms with Crippen LogP contribution in [0.1, 0.15) is 32.6 Å². The van der Waals surface area contributed by atoms with Gasteiger partial charge in [0.25, 0.3) is 0 Å². The molecule has 1 aliphatic heterocycles. The van der Waals surface area contributed by atoms with Gasteiger partial charge < -0.3 is 9.64 Å². The van der Waals surface area contributed by atoms with Crippen LogP contribution in [0, 0.1) is 5.92 Å². The van der Waals surface area contributed by atoms with Gasteiger partial charge in [-0.15, -0.1) is 0 Å². The number of hydrogen-bond donors (Lipinski definition) is 0. The van der Waals surface area contributed by atoms with Crippen molar-refractivity contribution in [2.75, 3.05) is 20.2 Å². The van der Waals surface area contributed by atoms with Crippen molar-refractivity contribution >= 4 is 0 Å². The summed E-state index contributed by atoms with van der Waals surface area (Å²) in [4.78, 5) is 2.55. The number of rotatable bonds is 3. The molecule has 1 atom stereocenters. The van der Waals surface area contributed by atoms with Gasteiger partial charge in [0, 0.05) is 31.1 Å². The molecule has 84 valence electrons. The number of allylic oxidation sites excluding steroid dienone is 4. The predicted octanol–water partition coefficient (Wildman–Crippen LogP) is 2.93. The molecule has 0 saturated carbocycles. The Morgan fingerprint density at radius 1 is 1.47 bits per heavy atom. The van der Waals surface area contributed by atoms with E-state index < -0.39 is 0 Å². The second-order valence-corrected chi connectivity index (χ2v) is 4.46. The van der Waals surface area contributed by atoms with Gasteiger partial charge in [-0.05, 0) is 31.4 Å². The highest BCUT2D eigenvalue weighted by Gasteiger charge is 2.27. The van der Waals surface area contributed by atoms with E-state index in [2.05, 4.69) is 24.0 Å². The number of ether oxygens (including phenoxy) is 1. The molecule has 0 N–H and O–H groups in total. The van der Waals surface area contributed by atoms with Gasteiger partial charge in [0.15, 0.2) is 0 Å². The van der Waals surface area contributed by atoms with Crippen LogP contribution in [-0.2, 0) is 4.74 Å². The third-order valence-corrected chi connectivity index (χ3v) is 3.41. The average molecular weight is 207 g/mol. The summed E-state index contributed by atoms with van der Waals surface area (Å²) in [5, 5.41) is 0. The maximum Gasteiger partial charge on any atom is 0.0962 e. The quantitative estimate of drug-likeness (QED) is 0.705. The molecule has 0 unspecified atom stereocenters. The van der Waals surface area contributed by atoms with Crippen LogP contribution >= 0.6 is 0 Å². The van der Waals surface area contributed by atoms with E-state index in [-0.39, 0.29) is 0 Å². The van der Waals surface area contributed by atoms with Crippen molar-refractivity contribution in [3.05, 3.63) is 23.6 Å². The fourth-order valence-electron chi connectivity index (χ4n) is 2.66. The van der Waals surface area contributed by atoms with Crippen molar-refractivity contribution in [3.8, 4) is 0 Å². The molecule has 1 saturated heterocycles. The SMILES string of the molecule is CCCN1CCC[C@@H]2CC(OC)=CC=C21. The minimum absolute atomic E-state index is 0.713. The Kier molecular flexibility index (Phi) is 3.34. The fourth-order valence-corrected chi connectivity index (χ4v) is 2.66. The maximum absolute atomic E-state index is 5.33. The van der Waals surface area contributed by atoms with Crippen LogP contribution in [0.15, 0.2) is 23.6 Å². The van der Waals surface area contributed by atoms with Crippen molar-refractivity contribution < 1.29 is 4.74 Å². The summed E-state index contributed by atoms with van der Waals surface area (Å²) in [7, 11) is 1.78. The smallest absolute Gasteiger partial charge is 0.0962 e. The molecule has 2 aliphatic rings. The zero-order chi connectivity index (χ0) is 10.7. The van der Waals surface area contributed by atoms with Gasteiger partial charge in [-0.1, -0.05) is 6.92 Å². The van der Waals surface area contributed by atoms with Crippen LogP contribution < -0.4 is 0 Å². The maximum atomic E-state index is 5.33. The Balaban J connectivity index is 2.12. The summed E-state index contributed by atoms with van der Waals surface area (Å²) in [5.41, 5.74) is 1.55.